The van der Waals surface area contributed by atoms with Gasteiger partial charge in [0.15, 0.2) is 0 Å². The summed E-state index contributed by atoms with van der Waals surface area (Å²) in [7, 11) is -3.46. The molecule has 26 heavy (non-hydrogen) atoms. The Morgan fingerprint density at radius 1 is 1.15 bits per heavy atom. The Hall–Kier alpha value is -1.15. The van der Waals surface area contributed by atoms with E-state index < -0.39 is 27.6 Å². The first-order chi connectivity index (χ1) is 12.0. The summed E-state index contributed by atoms with van der Waals surface area (Å²) in [6.45, 7) is 9.67. The zero-order chi connectivity index (χ0) is 20.0. The van der Waals surface area contributed by atoms with Gasteiger partial charge < -0.3 is 9.64 Å². The van der Waals surface area contributed by atoms with Gasteiger partial charge in [-0.15, -0.1) is 0 Å². The molecular formula is C18H34N2O5S. The van der Waals surface area contributed by atoms with Gasteiger partial charge in [0.1, 0.15) is 18.2 Å². The van der Waals surface area contributed by atoms with Crippen LogP contribution in [0, 0.1) is 0 Å². The number of hydrogen-bond acceptors (Lipinski definition) is 5. The number of esters is 1. The average molecular weight is 391 g/mol. The van der Waals surface area contributed by atoms with E-state index in [4.69, 9.17) is 4.74 Å². The molecule has 1 amide bonds. The van der Waals surface area contributed by atoms with Crippen molar-refractivity contribution in [1.29, 1.82) is 0 Å². The van der Waals surface area contributed by atoms with Crippen LogP contribution in [0.2, 0.25) is 0 Å². The van der Waals surface area contributed by atoms with Gasteiger partial charge in [-0.05, 0) is 46.5 Å². The summed E-state index contributed by atoms with van der Waals surface area (Å²) in [5.74, 6) is -0.730. The summed E-state index contributed by atoms with van der Waals surface area (Å²) >= 11 is 0. The molecule has 0 radical (unpaired) electrons. The van der Waals surface area contributed by atoms with Crippen molar-refractivity contribution in [2.75, 3.05) is 25.4 Å². The van der Waals surface area contributed by atoms with Gasteiger partial charge in [-0.3, -0.25) is 9.59 Å². The zero-order valence-corrected chi connectivity index (χ0v) is 17.6. The van der Waals surface area contributed by atoms with Crippen molar-refractivity contribution in [3.63, 3.8) is 0 Å². The Labute approximate surface area is 158 Å². The average Bonchev–Trinajstić information content (AvgIpc) is 2.52. The molecule has 1 fully saturated rings. The van der Waals surface area contributed by atoms with Crippen molar-refractivity contribution in [2.24, 2.45) is 0 Å². The number of ether oxygens (including phenoxy) is 1. The minimum absolute atomic E-state index is 0.0383. The number of nitrogens with zero attached hydrogens (tertiary/aromatic N) is 2. The van der Waals surface area contributed by atoms with E-state index in [9.17, 15) is 18.0 Å². The monoisotopic (exact) mass is 390 g/mol. The normalized spacial score (nSPS) is 19.2. The first-order valence-corrected chi connectivity index (χ1v) is 11.1. The molecule has 1 atom stereocenters. The van der Waals surface area contributed by atoms with E-state index in [1.165, 1.54) is 9.21 Å². The lowest BCUT2D eigenvalue weighted by Gasteiger charge is -2.36. The molecule has 7 nitrogen and oxygen atoms in total. The summed E-state index contributed by atoms with van der Waals surface area (Å²) in [4.78, 5) is 26.7. The molecule has 1 aliphatic rings. The fourth-order valence-electron chi connectivity index (χ4n) is 3.14. The van der Waals surface area contributed by atoms with E-state index in [1.807, 2.05) is 13.8 Å². The van der Waals surface area contributed by atoms with Crippen LogP contribution in [0.3, 0.4) is 0 Å². The Morgan fingerprint density at radius 2 is 1.81 bits per heavy atom. The Kier molecular flexibility index (Phi) is 8.53. The largest absolute Gasteiger partial charge is 0.459 e. The second-order valence-electron chi connectivity index (χ2n) is 7.78. The molecule has 0 aromatic rings. The van der Waals surface area contributed by atoms with Crippen LogP contribution < -0.4 is 0 Å². The lowest BCUT2D eigenvalue weighted by Crippen LogP contribution is -2.54. The molecule has 152 valence electrons. The van der Waals surface area contributed by atoms with Crippen LogP contribution in [-0.4, -0.2) is 66.5 Å². The fourth-order valence-corrected chi connectivity index (χ4v) is 4.88. The van der Waals surface area contributed by atoms with Crippen LogP contribution in [0.15, 0.2) is 0 Å². The molecule has 0 saturated carbocycles. The molecule has 1 rings (SSSR count). The second kappa shape index (κ2) is 9.69. The molecule has 0 spiro atoms. The van der Waals surface area contributed by atoms with E-state index in [0.29, 0.717) is 32.4 Å². The Bertz CT molecular complexity index is 583. The zero-order valence-electron chi connectivity index (χ0n) is 16.8. The fraction of sp³-hybridized carbons (Fsp3) is 0.889. The van der Waals surface area contributed by atoms with E-state index in [1.54, 1.807) is 20.8 Å². The molecule has 1 aliphatic heterocycles. The number of sulfonamides is 1. The van der Waals surface area contributed by atoms with Gasteiger partial charge in [0, 0.05) is 13.1 Å². The Morgan fingerprint density at radius 3 is 2.35 bits per heavy atom. The highest BCUT2D eigenvalue weighted by molar-refractivity contribution is 7.89. The number of carbonyl (C=O) groups excluding carboxylic acids is 2. The topological polar surface area (TPSA) is 84.0 Å². The summed E-state index contributed by atoms with van der Waals surface area (Å²) in [5, 5.41) is 0. The molecule has 0 bridgehead atoms. The van der Waals surface area contributed by atoms with Crippen molar-refractivity contribution in [3.8, 4) is 0 Å². The lowest BCUT2D eigenvalue weighted by atomic mass is 10.0. The molecule has 1 saturated heterocycles. The van der Waals surface area contributed by atoms with Gasteiger partial charge in [-0.2, -0.15) is 4.31 Å². The smallest absolute Gasteiger partial charge is 0.326 e. The SMILES string of the molecule is CCCN(CC(=O)OC(C)(C)C)C(=O)C1CCCCN1S(=O)(=O)CCC. The van der Waals surface area contributed by atoms with Gasteiger partial charge in [0.2, 0.25) is 15.9 Å². The maximum atomic E-state index is 13.1. The highest BCUT2D eigenvalue weighted by Gasteiger charge is 2.38. The molecule has 0 aromatic heterocycles. The highest BCUT2D eigenvalue weighted by atomic mass is 32.2. The van der Waals surface area contributed by atoms with Crippen molar-refractivity contribution in [2.45, 2.75) is 78.4 Å². The summed E-state index contributed by atoms with van der Waals surface area (Å²) in [6, 6.07) is -0.714. The summed E-state index contributed by atoms with van der Waals surface area (Å²) < 4.78 is 31.8. The van der Waals surface area contributed by atoms with Gasteiger partial charge in [0.25, 0.3) is 0 Å². The third-order valence-corrected chi connectivity index (χ3v) is 6.18. The van der Waals surface area contributed by atoms with Crippen LogP contribution >= 0.6 is 0 Å². The molecule has 0 N–H and O–H groups in total. The van der Waals surface area contributed by atoms with Crippen molar-refractivity contribution in [3.05, 3.63) is 0 Å². The molecule has 0 aliphatic carbocycles. The van der Waals surface area contributed by atoms with Crippen molar-refractivity contribution >= 4 is 21.9 Å². The van der Waals surface area contributed by atoms with Crippen LogP contribution in [0.4, 0.5) is 0 Å². The van der Waals surface area contributed by atoms with Gasteiger partial charge in [0.05, 0.1) is 5.75 Å². The predicted molar refractivity (Wildman–Crippen MR) is 101 cm³/mol. The maximum Gasteiger partial charge on any atom is 0.326 e. The molecule has 1 heterocycles. The quantitative estimate of drug-likeness (QED) is 0.593. The third-order valence-electron chi connectivity index (χ3n) is 4.10. The van der Waals surface area contributed by atoms with Crippen molar-refractivity contribution < 1.29 is 22.7 Å². The molecular weight excluding hydrogens is 356 g/mol. The van der Waals surface area contributed by atoms with Gasteiger partial charge in [-0.1, -0.05) is 20.3 Å². The standard InChI is InChI=1S/C18H34N2O5S/c1-6-11-19(14-16(21)25-18(3,4)5)17(22)15-10-8-9-12-20(15)26(23,24)13-7-2/h15H,6-14H2,1-5H3. The van der Waals surface area contributed by atoms with Crippen LogP contribution in [0.25, 0.3) is 0 Å². The number of amides is 1. The number of carbonyl (C=O) groups is 2. The number of hydrogen-bond donors (Lipinski definition) is 0. The van der Waals surface area contributed by atoms with Crippen LogP contribution in [0.5, 0.6) is 0 Å². The summed E-state index contributed by atoms with van der Waals surface area (Å²) in [5.41, 5.74) is -0.626. The van der Waals surface area contributed by atoms with E-state index in [0.717, 1.165) is 12.8 Å². The van der Waals surface area contributed by atoms with E-state index >= 15 is 0 Å². The van der Waals surface area contributed by atoms with E-state index in [-0.39, 0.29) is 18.2 Å². The molecule has 1 unspecified atom stereocenters. The first kappa shape index (κ1) is 22.9. The maximum absolute atomic E-state index is 13.1. The van der Waals surface area contributed by atoms with Crippen LogP contribution in [0.1, 0.15) is 66.7 Å². The van der Waals surface area contributed by atoms with Crippen molar-refractivity contribution in [1.82, 2.24) is 9.21 Å². The minimum atomic E-state index is -3.46. The lowest BCUT2D eigenvalue weighted by molar-refractivity contribution is -0.159. The second-order valence-corrected chi connectivity index (χ2v) is 9.83. The van der Waals surface area contributed by atoms with E-state index in [2.05, 4.69) is 0 Å². The first-order valence-electron chi connectivity index (χ1n) is 9.52. The summed E-state index contributed by atoms with van der Waals surface area (Å²) in [6.07, 6.45) is 3.25. The van der Waals surface area contributed by atoms with Gasteiger partial charge in [-0.25, -0.2) is 8.42 Å². The molecule has 0 aromatic carbocycles. The molecule has 8 heteroatoms. The highest BCUT2D eigenvalue weighted by Crippen LogP contribution is 2.23. The van der Waals surface area contributed by atoms with Gasteiger partial charge >= 0.3 is 5.97 Å². The predicted octanol–water partition coefficient (Wildman–Crippen LogP) is 2.16. The van der Waals surface area contributed by atoms with Crippen LogP contribution in [-0.2, 0) is 24.3 Å². The third kappa shape index (κ3) is 6.87. The number of piperidine rings is 1. The number of rotatable bonds is 8. The minimum Gasteiger partial charge on any atom is -0.459 e. The Balaban J connectivity index is 2.95.